The van der Waals surface area contributed by atoms with Gasteiger partial charge < -0.3 is 10.4 Å². The van der Waals surface area contributed by atoms with E-state index in [2.05, 4.69) is 31.3 Å². The largest absolute Gasteiger partial charge is 0.396 e. The summed E-state index contributed by atoms with van der Waals surface area (Å²) < 4.78 is 0. The van der Waals surface area contributed by atoms with E-state index in [1.165, 1.54) is 22.4 Å². The molecule has 0 spiro atoms. The Labute approximate surface area is 85.0 Å². The Balaban J connectivity index is 2.40. The summed E-state index contributed by atoms with van der Waals surface area (Å²) in [6, 6.07) is 4.32. The molecule has 2 heteroatoms. The molecule has 1 aliphatic heterocycles. The van der Waals surface area contributed by atoms with E-state index < -0.39 is 0 Å². The zero-order chi connectivity index (χ0) is 10.1. The molecule has 1 aromatic rings. The van der Waals surface area contributed by atoms with Gasteiger partial charge in [0.2, 0.25) is 0 Å². The average Bonchev–Trinajstić information content (AvgIpc) is 2.23. The van der Waals surface area contributed by atoms with Crippen LogP contribution >= 0.6 is 0 Å². The van der Waals surface area contributed by atoms with Gasteiger partial charge in [-0.1, -0.05) is 12.1 Å². The summed E-state index contributed by atoms with van der Waals surface area (Å²) in [7, 11) is 0. The highest BCUT2D eigenvalue weighted by molar-refractivity contribution is 5.61. The summed E-state index contributed by atoms with van der Waals surface area (Å²) in [5, 5.41) is 12.5. The van der Waals surface area contributed by atoms with Gasteiger partial charge in [-0.05, 0) is 37.0 Å². The van der Waals surface area contributed by atoms with Crippen LogP contribution in [0.5, 0.6) is 0 Å². The van der Waals surface area contributed by atoms with Crippen LogP contribution in [0.15, 0.2) is 12.1 Å². The maximum absolute atomic E-state index is 9.14. The van der Waals surface area contributed by atoms with E-state index in [1.807, 2.05) is 0 Å². The summed E-state index contributed by atoms with van der Waals surface area (Å²) in [4.78, 5) is 0. The Hall–Kier alpha value is -1.02. The highest BCUT2D eigenvalue weighted by Crippen LogP contribution is 2.30. The van der Waals surface area contributed by atoms with E-state index >= 15 is 0 Å². The fraction of sp³-hybridized carbons (Fsp3) is 0.500. The van der Waals surface area contributed by atoms with Crippen LogP contribution in [-0.4, -0.2) is 18.3 Å². The fourth-order valence-electron chi connectivity index (χ4n) is 2.11. The number of aliphatic hydroxyl groups excluding tert-OH is 1. The summed E-state index contributed by atoms with van der Waals surface area (Å²) in [5.41, 5.74) is 5.31. The Morgan fingerprint density at radius 3 is 2.79 bits per heavy atom. The lowest BCUT2D eigenvalue weighted by atomic mass is 9.89. The standard InChI is InChI=1S/C12H17NO/c1-8-3-4-9(2)12-11(8)5-10(7-14)6-13-12/h3-4,10,13-14H,5-7H2,1-2H3. The van der Waals surface area contributed by atoms with Gasteiger partial charge in [0, 0.05) is 24.8 Å². The van der Waals surface area contributed by atoms with Gasteiger partial charge in [-0.3, -0.25) is 0 Å². The Morgan fingerprint density at radius 2 is 2.07 bits per heavy atom. The van der Waals surface area contributed by atoms with Crippen molar-refractivity contribution in [2.45, 2.75) is 20.3 Å². The van der Waals surface area contributed by atoms with Crippen molar-refractivity contribution in [3.8, 4) is 0 Å². The van der Waals surface area contributed by atoms with Crippen LogP contribution in [0.3, 0.4) is 0 Å². The number of fused-ring (bicyclic) bond motifs is 1. The van der Waals surface area contributed by atoms with Crippen LogP contribution in [0.25, 0.3) is 0 Å². The first kappa shape index (κ1) is 9.53. The molecule has 1 atom stereocenters. The SMILES string of the molecule is Cc1ccc(C)c2c1CC(CO)CN2. The third-order valence-electron chi connectivity index (χ3n) is 3.07. The molecule has 1 unspecified atom stereocenters. The topological polar surface area (TPSA) is 32.3 Å². The third-order valence-corrected chi connectivity index (χ3v) is 3.07. The second kappa shape index (κ2) is 3.62. The maximum Gasteiger partial charge on any atom is 0.0479 e. The fourth-order valence-corrected chi connectivity index (χ4v) is 2.11. The number of rotatable bonds is 1. The molecule has 0 saturated carbocycles. The minimum absolute atomic E-state index is 0.278. The lowest BCUT2D eigenvalue weighted by molar-refractivity contribution is 0.230. The average molecular weight is 191 g/mol. The van der Waals surface area contributed by atoms with Gasteiger partial charge in [0.15, 0.2) is 0 Å². The molecule has 76 valence electrons. The molecule has 2 rings (SSSR count). The number of hydrogen-bond donors (Lipinski definition) is 2. The van der Waals surface area contributed by atoms with E-state index in [-0.39, 0.29) is 6.61 Å². The zero-order valence-electron chi connectivity index (χ0n) is 8.80. The Morgan fingerprint density at radius 1 is 1.36 bits per heavy atom. The molecule has 0 aromatic heterocycles. The maximum atomic E-state index is 9.14. The van der Waals surface area contributed by atoms with Crippen molar-refractivity contribution in [1.29, 1.82) is 0 Å². The predicted molar refractivity (Wildman–Crippen MR) is 58.7 cm³/mol. The zero-order valence-corrected chi connectivity index (χ0v) is 8.80. The Kier molecular flexibility index (Phi) is 2.46. The third kappa shape index (κ3) is 1.50. The van der Waals surface area contributed by atoms with Gasteiger partial charge in [-0.2, -0.15) is 0 Å². The molecule has 14 heavy (non-hydrogen) atoms. The first-order valence-corrected chi connectivity index (χ1v) is 5.16. The van der Waals surface area contributed by atoms with E-state index in [0.717, 1.165) is 13.0 Å². The smallest absolute Gasteiger partial charge is 0.0479 e. The van der Waals surface area contributed by atoms with Crippen molar-refractivity contribution in [3.63, 3.8) is 0 Å². The molecule has 1 aromatic carbocycles. The molecule has 0 aliphatic carbocycles. The number of nitrogens with one attached hydrogen (secondary N) is 1. The number of anilines is 1. The van der Waals surface area contributed by atoms with E-state index in [0.29, 0.717) is 5.92 Å². The molecular formula is C12H17NO. The molecule has 2 N–H and O–H groups in total. The van der Waals surface area contributed by atoms with E-state index in [1.54, 1.807) is 0 Å². The summed E-state index contributed by atoms with van der Waals surface area (Å²) >= 11 is 0. The van der Waals surface area contributed by atoms with Crippen LogP contribution < -0.4 is 5.32 Å². The highest BCUT2D eigenvalue weighted by atomic mass is 16.3. The monoisotopic (exact) mass is 191 g/mol. The van der Waals surface area contributed by atoms with E-state index in [4.69, 9.17) is 5.11 Å². The summed E-state index contributed by atoms with van der Waals surface area (Å²) in [6.45, 7) is 5.44. The second-order valence-corrected chi connectivity index (χ2v) is 4.19. The van der Waals surface area contributed by atoms with Crippen LogP contribution in [0.4, 0.5) is 5.69 Å². The quantitative estimate of drug-likeness (QED) is 0.710. The van der Waals surface area contributed by atoms with Crippen molar-refractivity contribution >= 4 is 5.69 Å². The molecule has 0 bridgehead atoms. The van der Waals surface area contributed by atoms with Gasteiger partial charge in [-0.15, -0.1) is 0 Å². The molecule has 1 heterocycles. The van der Waals surface area contributed by atoms with Gasteiger partial charge in [0.05, 0.1) is 0 Å². The first-order chi connectivity index (χ1) is 6.72. The molecule has 1 aliphatic rings. The van der Waals surface area contributed by atoms with Crippen LogP contribution in [0.1, 0.15) is 16.7 Å². The molecular weight excluding hydrogens is 174 g/mol. The van der Waals surface area contributed by atoms with Crippen LogP contribution in [-0.2, 0) is 6.42 Å². The van der Waals surface area contributed by atoms with Crippen molar-refractivity contribution in [3.05, 3.63) is 28.8 Å². The molecule has 0 fully saturated rings. The van der Waals surface area contributed by atoms with Crippen molar-refractivity contribution in [2.24, 2.45) is 5.92 Å². The lowest BCUT2D eigenvalue weighted by Gasteiger charge is -2.27. The predicted octanol–water partition coefficient (Wildman–Crippen LogP) is 1.88. The minimum atomic E-state index is 0.278. The molecule has 0 radical (unpaired) electrons. The van der Waals surface area contributed by atoms with Gasteiger partial charge in [0.1, 0.15) is 0 Å². The normalized spacial score (nSPS) is 20.1. The van der Waals surface area contributed by atoms with Crippen molar-refractivity contribution < 1.29 is 5.11 Å². The van der Waals surface area contributed by atoms with E-state index in [9.17, 15) is 0 Å². The van der Waals surface area contributed by atoms with Crippen LogP contribution in [0, 0.1) is 19.8 Å². The number of hydrogen-bond acceptors (Lipinski definition) is 2. The highest BCUT2D eigenvalue weighted by Gasteiger charge is 2.19. The lowest BCUT2D eigenvalue weighted by Crippen LogP contribution is -2.26. The summed E-state index contributed by atoms with van der Waals surface area (Å²) in [6.07, 6.45) is 1.01. The number of aryl methyl sites for hydroxylation is 2. The number of benzene rings is 1. The minimum Gasteiger partial charge on any atom is -0.396 e. The van der Waals surface area contributed by atoms with Gasteiger partial charge in [-0.25, -0.2) is 0 Å². The number of aliphatic hydroxyl groups is 1. The summed E-state index contributed by atoms with van der Waals surface area (Å²) in [5.74, 6) is 0.378. The van der Waals surface area contributed by atoms with Gasteiger partial charge in [0.25, 0.3) is 0 Å². The Bertz CT molecular complexity index is 346. The van der Waals surface area contributed by atoms with Crippen LogP contribution in [0.2, 0.25) is 0 Å². The molecule has 0 saturated heterocycles. The molecule has 2 nitrogen and oxygen atoms in total. The first-order valence-electron chi connectivity index (χ1n) is 5.16. The van der Waals surface area contributed by atoms with Gasteiger partial charge >= 0.3 is 0 Å². The molecule has 0 amide bonds. The van der Waals surface area contributed by atoms with Crippen molar-refractivity contribution in [1.82, 2.24) is 0 Å². The van der Waals surface area contributed by atoms with Crippen molar-refractivity contribution in [2.75, 3.05) is 18.5 Å². The second-order valence-electron chi connectivity index (χ2n) is 4.19.